The molecule has 0 aliphatic rings. The van der Waals surface area contributed by atoms with Crippen LogP contribution in [0.15, 0.2) is 28.7 Å². The molecule has 0 N–H and O–H groups in total. The van der Waals surface area contributed by atoms with Gasteiger partial charge < -0.3 is 0 Å². The summed E-state index contributed by atoms with van der Waals surface area (Å²) in [5.74, 6) is 0.270. The number of unbranched alkanes of at least 4 members (excludes halogenated alkanes) is 2. The van der Waals surface area contributed by atoms with Gasteiger partial charge in [-0.15, -0.1) is 11.3 Å². The second-order valence-corrected chi connectivity index (χ2v) is 5.97. The lowest BCUT2D eigenvalue weighted by Crippen LogP contribution is -1.96. The standard InChI is InChI=1S/C14H15BrOS/c1-2-3-4-8-11(16)14-13(15)10-7-5-6-9-12(10)17-14/h5-7,9H,2-4,8H2,1H3. The van der Waals surface area contributed by atoms with Gasteiger partial charge in [0.05, 0.1) is 4.88 Å². The van der Waals surface area contributed by atoms with Crippen LogP contribution in [0.2, 0.25) is 0 Å². The number of ketones is 1. The Bertz CT molecular complexity index is 530. The van der Waals surface area contributed by atoms with Gasteiger partial charge >= 0.3 is 0 Å². The summed E-state index contributed by atoms with van der Waals surface area (Å²) in [6, 6.07) is 8.13. The summed E-state index contributed by atoms with van der Waals surface area (Å²) in [4.78, 5) is 13.0. The summed E-state index contributed by atoms with van der Waals surface area (Å²) in [5, 5.41) is 1.15. The molecule has 0 aliphatic carbocycles. The molecule has 0 spiro atoms. The van der Waals surface area contributed by atoms with Gasteiger partial charge in [0.25, 0.3) is 0 Å². The third-order valence-corrected chi connectivity index (χ3v) is 5.09. The Balaban J connectivity index is 2.23. The number of thiophene rings is 1. The topological polar surface area (TPSA) is 17.1 Å². The molecule has 1 heterocycles. The fourth-order valence-electron chi connectivity index (χ4n) is 1.84. The molecule has 0 saturated heterocycles. The van der Waals surface area contributed by atoms with Gasteiger partial charge in [0.2, 0.25) is 0 Å². The Morgan fingerprint density at radius 2 is 2.06 bits per heavy atom. The van der Waals surface area contributed by atoms with Crippen LogP contribution in [0.4, 0.5) is 0 Å². The van der Waals surface area contributed by atoms with E-state index in [4.69, 9.17) is 0 Å². The zero-order chi connectivity index (χ0) is 12.3. The Labute approximate surface area is 114 Å². The number of halogens is 1. The predicted molar refractivity (Wildman–Crippen MR) is 78.0 cm³/mol. The molecular weight excluding hydrogens is 296 g/mol. The number of fused-ring (bicyclic) bond motifs is 1. The molecule has 2 rings (SSSR count). The molecule has 1 nitrogen and oxygen atoms in total. The van der Waals surface area contributed by atoms with Gasteiger partial charge in [-0.3, -0.25) is 4.79 Å². The second-order valence-electron chi connectivity index (χ2n) is 4.12. The molecule has 0 bridgehead atoms. The largest absolute Gasteiger partial charge is 0.293 e. The monoisotopic (exact) mass is 310 g/mol. The second kappa shape index (κ2) is 5.78. The minimum atomic E-state index is 0.270. The van der Waals surface area contributed by atoms with Crippen LogP contribution in [0.25, 0.3) is 10.1 Å². The average Bonchev–Trinajstić information content (AvgIpc) is 2.68. The molecule has 3 heteroatoms. The first-order chi connectivity index (χ1) is 8.24. The van der Waals surface area contributed by atoms with Crippen LogP contribution in [0, 0.1) is 0 Å². The highest BCUT2D eigenvalue weighted by molar-refractivity contribution is 9.10. The van der Waals surface area contributed by atoms with Crippen molar-refractivity contribution in [2.45, 2.75) is 32.6 Å². The zero-order valence-corrected chi connectivity index (χ0v) is 12.2. The number of hydrogen-bond donors (Lipinski definition) is 0. The van der Waals surface area contributed by atoms with E-state index in [9.17, 15) is 4.79 Å². The van der Waals surface area contributed by atoms with E-state index in [2.05, 4.69) is 35.0 Å². The maximum Gasteiger partial charge on any atom is 0.173 e. The summed E-state index contributed by atoms with van der Waals surface area (Å²) in [6.07, 6.45) is 3.95. The molecule has 0 fully saturated rings. The summed E-state index contributed by atoms with van der Waals surface area (Å²) < 4.78 is 2.15. The van der Waals surface area contributed by atoms with Gasteiger partial charge in [-0.25, -0.2) is 0 Å². The zero-order valence-electron chi connectivity index (χ0n) is 9.83. The fourth-order valence-corrected chi connectivity index (χ4v) is 3.85. The predicted octanol–water partition coefficient (Wildman–Crippen LogP) is 5.43. The maximum absolute atomic E-state index is 12.1. The van der Waals surface area contributed by atoms with Gasteiger partial charge in [0.1, 0.15) is 0 Å². The van der Waals surface area contributed by atoms with Crippen molar-refractivity contribution < 1.29 is 4.79 Å². The summed E-state index contributed by atoms with van der Waals surface area (Å²) >= 11 is 5.14. The summed E-state index contributed by atoms with van der Waals surface area (Å²) in [7, 11) is 0. The number of carbonyl (C=O) groups is 1. The normalized spacial score (nSPS) is 10.9. The number of carbonyl (C=O) groups excluding carboxylic acids is 1. The molecule has 2 aromatic rings. The van der Waals surface area contributed by atoms with Crippen LogP contribution in [-0.2, 0) is 0 Å². The molecule has 0 unspecified atom stereocenters. The van der Waals surface area contributed by atoms with Crippen LogP contribution in [0.5, 0.6) is 0 Å². The SMILES string of the molecule is CCCCCC(=O)c1sc2ccccc2c1Br. The number of hydrogen-bond acceptors (Lipinski definition) is 2. The van der Waals surface area contributed by atoms with E-state index in [0.29, 0.717) is 6.42 Å². The van der Waals surface area contributed by atoms with E-state index in [1.54, 1.807) is 11.3 Å². The Morgan fingerprint density at radius 3 is 2.76 bits per heavy atom. The van der Waals surface area contributed by atoms with Crippen molar-refractivity contribution in [1.82, 2.24) is 0 Å². The molecule has 0 atom stereocenters. The molecule has 0 aliphatic heterocycles. The van der Waals surface area contributed by atoms with Crippen molar-refractivity contribution >= 4 is 43.1 Å². The first-order valence-corrected chi connectivity index (χ1v) is 7.55. The van der Waals surface area contributed by atoms with Crippen molar-refractivity contribution in [2.24, 2.45) is 0 Å². The van der Waals surface area contributed by atoms with E-state index in [1.165, 1.54) is 4.70 Å². The lowest BCUT2D eigenvalue weighted by Gasteiger charge is -1.98. The maximum atomic E-state index is 12.1. The molecular formula is C14H15BrOS. The third kappa shape index (κ3) is 2.78. The van der Waals surface area contributed by atoms with Crippen molar-refractivity contribution in [3.63, 3.8) is 0 Å². The highest BCUT2D eigenvalue weighted by atomic mass is 79.9. The lowest BCUT2D eigenvalue weighted by molar-refractivity contribution is 0.0982. The van der Waals surface area contributed by atoms with Crippen LogP contribution in [0.1, 0.15) is 42.3 Å². The van der Waals surface area contributed by atoms with Crippen LogP contribution in [0.3, 0.4) is 0 Å². The van der Waals surface area contributed by atoms with Crippen LogP contribution in [-0.4, -0.2) is 5.78 Å². The van der Waals surface area contributed by atoms with Crippen molar-refractivity contribution in [2.75, 3.05) is 0 Å². The molecule has 90 valence electrons. The van der Waals surface area contributed by atoms with Gasteiger partial charge in [0, 0.05) is 21.0 Å². The molecule has 17 heavy (non-hydrogen) atoms. The molecule has 0 saturated carbocycles. The lowest BCUT2D eigenvalue weighted by atomic mass is 10.1. The van der Waals surface area contributed by atoms with E-state index in [0.717, 1.165) is 34.0 Å². The van der Waals surface area contributed by atoms with E-state index < -0.39 is 0 Å². The smallest absolute Gasteiger partial charge is 0.173 e. The van der Waals surface area contributed by atoms with Gasteiger partial charge in [-0.05, 0) is 28.4 Å². The minimum Gasteiger partial charge on any atom is -0.293 e. The summed E-state index contributed by atoms with van der Waals surface area (Å²) in [5.41, 5.74) is 0. The number of Topliss-reactive ketones (excluding diaryl/α,β-unsaturated/α-hetero) is 1. The summed E-state index contributed by atoms with van der Waals surface area (Å²) in [6.45, 7) is 2.15. The van der Waals surface area contributed by atoms with Gasteiger partial charge in [-0.1, -0.05) is 38.0 Å². The number of benzene rings is 1. The van der Waals surface area contributed by atoms with Crippen LogP contribution >= 0.6 is 27.3 Å². The molecule has 0 amide bonds. The van der Waals surface area contributed by atoms with Crippen molar-refractivity contribution in [1.29, 1.82) is 0 Å². The first-order valence-electron chi connectivity index (χ1n) is 5.94. The Hall–Kier alpha value is -0.670. The van der Waals surface area contributed by atoms with E-state index in [-0.39, 0.29) is 5.78 Å². The van der Waals surface area contributed by atoms with E-state index >= 15 is 0 Å². The quantitative estimate of drug-likeness (QED) is 0.532. The fraction of sp³-hybridized carbons (Fsp3) is 0.357. The molecule has 1 aromatic heterocycles. The minimum absolute atomic E-state index is 0.270. The highest BCUT2D eigenvalue weighted by Crippen LogP contribution is 2.36. The third-order valence-electron chi connectivity index (χ3n) is 2.80. The molecule has 1 aromatic carbocycles. The van der Waals surface area contributed by atoms with Crippen LogP contribution < -0.4 is 0 Å². The van der Waals surface area contributed by atoms with E-state index in [1.807, 2.05) is 12.1 Å². The number of rotatable bonds is 5. The van der Waals surface area contributed by atoms with Crippen molar-refractivity contribution in [3.05, 3.63) is 33.6 Å². The Kier molecular flexibility index (Phi) is 4.35. The Morgan fingerprint density at radius 1 is 1.29 bits per heavy atom. The highest BCUT2D eigenvalue weighted by Gasteiger charge is 2.15. The van der Waals surface area contributed by atoms with Crippen molar-refractivity contribution in [3.8, 4) is 0 Å². The molecule has 0 radical (unpaired) electrons. The van der Waals surface area contributed by atoms with Gasteiger partial charge in [0.15, 0.2) is 5.78 Å². The van der Waals surface area contributed by atoms with Gasteiger partial charge in [-0.2, -0.15) is 0 Å². The average molecular weight is 311 g/mol. The first kappa shape index (κ1) is 12.8.